The van der Waals surface area contributed by atoms with Crippen molar-refractivity contribution in [3.05, 3.63) is 28.3 Å². The molecule has 4 N–H and O–H groups in total. The molecular weight excluding hydrogens is 358 g/mol. The maximum atomic E-state index is 12.3. The molecule has 0 spiro atoms. The monoisotopic (exact) mass is 379 g/mol. The molecule has 27 heavy (non-hydrogen) atoms. The summed E-state index contributed by atoms with van der Waals surface area (Å²) in [5.41, 5.74) is -0.551. The number of anilines is 1. The number of morpholine rings is 1. The van der Waals surface area contributed by atoms with Crippen LogP contribution < -0.4 is 16.0 Å². The van der Waals surface area contributed by atoms with Crippen LogP contribution in [0, 0.1) is 10.1 Å². The number of nitrogens with one attached hydrogen (secondary N) is 3. The minimum atomic E-state index is -0.735. The average molecular weight is 379 g/mol. The van der Waals surface area contributed by atoms with Gasteiger partial charge in [0.15, 0.2) is 0 Å². The normalized spacial score (nSPS) is 23.5. The minimum absolute atomic E-state index is 0.0546. The lowest BCUT2D eigenvalue weighted by molar-refractivity contribution is -0.385. The van der Waals surface area contributed by atoms with E-state index in [0.29, 0.717) is 26.3 Å². The molecule has 2 aliphatic rings. The lowest BCUT2D eigenvalue weighted by Gasteiger charge is -2.40. The van der Waals surface area contributed by atoms with E-state index in [2.05, 4.69) is 20.9 Å². The summed E-state index contributed by atoms with van der Waals surface area (Å²) in [6.45, 7) is 2.59. The summed E-state index contributed by atoms with van der Waals surface area (Å²) in [5.74, 6) is -1.27. The first-order valence-electron chi connectivity index (χ1n) is 8.57. The smallest absolute Gasteiger partial charge is 0.312 e. The van der Waals surface area contributed by atoms with E-state index in [4.69, 9.17) is 4.74 Å². The topological polar surface area (TPSA) is 146 Å². The molecule has 0 aliphatic carbocycles. The Morgan fingerprint density at radius 1 is 1.41 bits per heavy atom. The number of benzene rings is 1. The van der Waals surface area contributed by atoms with Gasteiger partial charge in [0.1, 0.15) is 0 Å². The van der Waals surface area contributed by atoms with Gasteiger partial charge in [-0.25, -0.2) is 0 Å². The van der Waals surface area contributed by atoms with Crippen molar-refractivity contribution in [2.45, 2.75) is 25.2 Å². The van der Waals surface area contributed by atoms with Crippen molar-refractivity contribution >= 4 is 23.2 Å². The van der Waals surface area contributed by atoms with Crippen LogP contribution in [0.15, 0.2) is 18.2 Å². The van der Waals surface area contributed by atoms with Crippen LogP contribution in [0.4, 0.5) is 11.4 Å². The van der Waals surface area contributed by atoms with Crippen molar-refractivity contribution in [1.82, 2.24) is 15.5 Å². The van der Waals surface area contributed by atoms with E-state index in [0.717, 1.165) is 6.07 Å². The number of nitrogens with zero attached hydrogens (tertiary/aromatic N) is 2. The Hall–Kier alpha value is -2.76. The van der Waals surface area contributed by atoms with Gasteiger partial charge in [-0.05, 0) is 6.07 Å². The molecule has 2 unspecified atom stereocenters. The molecule has 2 saturated heterocycles. The van der Waals surface area contributed by atoms with Crippen LogP contribution in [0.25, 0.3) is 0 Å². The number of aromatic hydroxyl groups is 1. The van der Waals surface area contributed by atoms with Gasteiger partial charge in [-0.15, -0.1) is 0 Å². The average Bonchev–Trinajstić information content (AvgIpc) is 2.63. The van der Waals surface area contributed by atoms with Crippen molar-refractivity contribution < 1.29 is 24.4 Å². The summed E-state index contributed by atoms with van der Waals surface area (Å²) in [6.07, 6.45) is -0.579. The number of nitro groups is 1. The van der Waals surface area contributed by atoms with Crippen molar-refractivity contribution in [2.24, 2.45) is 0 Å². The largest absolute Gasteiger partial charge is 0.501 e. The van der Waals surface area contributed by atoms with Gasteiger partial charge in [0.2, 0.25) is 17.6 Å². The molecule has 0 radical (unpaired) electrons. The summed E-state index contributed by atoms with van der Waals surface area (Å²) >= 11 is 0. The first-order chi connectivity index (χ1) is 12.9. The molecule has 11 nitrogen and oxygen atoms in total. The Kier molecular flexibility index (Phi) is 5.84. The van der Waals surface area contributed by atoms with E-state index < -0.39 is 28.4 Å². The minimum Gasteiger partial charge on any atom is -0.501 e. The first kappa shape index (κ1) is 19.0. The molecular formula is C16H21N5O6. The molecule has 2 fully saturated rings. The highest BCUT2D eigenvalue weighted by atomic mass is 16.6. The lowest BCUT2D eigenvalue weighted by Crippen LogP contribution is -2.63. The van der Waals surface area contributed by atoms with Crippen LogP contribution in [0.2, 0.25) is 0 Å². The SMILES string of the molecule is O=C(CC1NC(=O)CC(N2CCOCC2)N1)Nc1cccc([N+](=O)[O-])c1O. The molecule has 0 saturated carbocycles. The second-order valence-electron chi connectivity index (χ2n) is 6.34. The Labute approximate surface area is 154 Å². The van der Waals surface area contributed by atoms with Crippen LogP contribution in [-0.2, 0) is 14.3 Å². The van der Waals surface area contributed by atoms with E-state index in [1.807, 2.05) is 0 Å². The summed E-state index contributed by atoms with van der Waals surface area (Å²) in [4.78, 5) is 36.5. The summed E-state index contributed by atoms with van der Waals surface area (Å²) in [7, 11) is 0. The second kappa shape index (κ2) is 8.29. The number of hydrogen-bond acceptors (Lipinski definition) is 8. The lowest BCUT2D eigenvalue weighted by atomic mass is 10.1. The van der Waals surface area contributed by atoms with Gasteiger partial charge in [0.05, 0.1) is 49.0 Å². The molecule has 146 valence electrons. The van der Waals surface area contributed by atoms with Crippen LogP contribution in [-0.4, -0.2) is 65.4 Å². The third-order valence-electron chi connectivity index (χ3n) is 4.47. The van der Waals surface area contributed by atoms with Gasteiger partial charge < -0.3 is 20.5 Å². The Balaban J connectivity index is 1.61. The molecule has 1 aromatic carbocycles. The number of phenolic OH excluding ortho intramolecular Hbond substituents is 1. The van der Waals surface area contributed by atoms with Gasteiger partial charge in [-0.2, -0.15) is 0 Å². The van der Waals surface area contributed by atoms with Crippen LogP contribution in [0.5, 0.6) is 5.75 Å². The fourth-order valence-electron chi connectivity index (χ4n) is 3.16. The summed E-state index contributed by atoms with van der Waals surface area (Å²) in [6, 6.07) is 3.87. The molecule has 1 aromatic rings. The molecule has 2 atom stereocenters. The van der Waals surface area contributed by atoms with Gasteiger partial charge in [-0.1, -0.05) is 6.07 Å². The standard InChI is InChI=1S/C16H21N5O6/c22-14(17-10-2-1-3-11(16(10)24)21(25)26)8-12-18-13(9-15(23)19-12)20-4-6-27-7-5-20/h1-3,12-13,18,24H,4-9H2,(H,17,22)(H,19,23). The molecule has 0 aromatic heterocycles. The van der Waals surface area contributed by atoms with E-state index >= 15 is 0 Å². The number of para-hydroxylation sites is 1. The molecule has 3 rings (SSSR count). The predicted molar refractivity (Wildman–Crippen MR) is 93.9 cm³/mol. The van der Waals surface area contributed by atoms with Gasteiger partial charge in [0, 0.05) is 19.2 Å². The van der Waals surface area contributed by atoms with Crippen molar-refractivity contribution in [2.75, 3.05) is 31.6 Å². The van der Waals surface area contributed by atoms with E-state index in [1.165, 1.54) is 12.1 Å². The fraction of sp³-hybridized carbons (Fsp3) is 0.500. The first-order valence-corrected chi connectivity index (χ1v) is 8.57. The summed E-state index contributed by atoms with van der Waals surface area (Å²) < 4.78 is 5.31. The highest BCUT2D eigenvalue weighted by Gasteiger charge is 2.32. The van der Waals surface area contributed by atoms with Gasteiger partial charge in [-0.3, -0.25) is 29.9 Å². The number of hydrogen-bond donors (Lipinski definition) is 4. The van der Waals surface area contributed by atoms with E-state index in [1.54, 1.807) is 0 Å². The maximum absolute atomic E-state index is 12.3. The zero-order chi connectivity index (χ0) is 19.4. The van der Waals surface area contributed by atoms with Crippen LogP contribution in [0.3, 0.4) is 0 Å². The highest BCUT2D eigenvalue weighted by Crippen LogP contribution is 2.33. The van der Waals surface area contributed by atoms with E-state index in [9.17, 15) is 24.8 Å². The molecule has 11 heteroatoms. The van der Waals surface area contributed by atoms with E-state index in [-0.39, 0.29) is 30.6 Å². The second-order valence-corrected chi connectivity index (χ2v) is 6.34. The quantitative estimate of drug-likeness (QED) is 0.310. The third-order valence-corrected chi connectivity index (χ3v) is 4.47. The number of nitro benzene ring substituents is 1. The Morgan fingerprint density at radius 2 is 2.15 bits per heavy atom. The Morgan fingerprint density at radius 3 is 2.85 bits per heavy atom. The van der Waals surface area contributed by atoms with Crippen molar-refractivity contribution in [3.63, 3.8) is 0 Å². The van der Waals surface area contributed by atoms with Crippen LogP contribution in [0.1, 0.15) is 12.8 Å². The zero-order valence-corrected chi connectivity index (χ0v) is 14.5. The maximum Gasteiger partial charge on any atom is 0.312 e. The number of amides is 2. The molecule has 2 amide bonds. The number of rotatable bonds is 5. The van der Waals surface area contributed by atoms with Crippen molar-refractivity contribution in [1.29, 1.82) is 0 Å². The molecule has 2 heterocycles. The third kappa shape index (κ3) is 4.70. The molecule has 0 bridgehead atoms. The predicted octanol–water partition coefficient (Wildman–Crippen LogP) is -0.277. The van der Waals surface area contributed by atoms with Crippen molar-refractivity contribution in [3.8, 4) is 5.75 Å². The van der Waals surface area contributed by atoms with Crippen LogP contribution >= 0.6 is 0 Å². The molecule has 2 aliphatic heterocycles. The summed E-state index contributed by atoms with van der Waals surface area (Å²) in [5, 5.41) is 29.1. The van der Waals surface area contributed by atoms with Gasteiger partial charge in [0.25, 0.3) is 0 Å². The highest BCUT2D eigenvalue weighted by molar-refractivity contribution is 5.93. The fourth-order valence-corrected chi connectivity index (χ4v) is 3.16. The Bertz CT molecular complexity index is 736. The zero-order valence-electron chi connectivity index (χ0n) is 14.5. The number of phenols is 1. The number of ether oxygens (including phenoxy) is 1. The number of carbonyl (C=O) groups is 2. The van der Waals surface area contributed by atoms with Gasteiger partial charge >= 0.3 is 5.69 Å². The number of carbonyl (C=O) groups excluding carboxylic acids is 2.